The third-order valence-electron chi connectivity index (χ3n) is 5.54. The van der Waals surface area contributed by atoms with Gasteiger partial charge in [0.05, 0.1) is 37.5 Å². The average Bonchev–Trinajstić information content (AvgIpc) is 3.08. The van der Waals surface area contributed by atoms with Gasteiger partial charge in [0.25, 0.3) is 11.7 Å². The normalized spacial score (nSPS) is 17.5. The second kappa shape index (κ2) is 11.9. The minimum Gasteiger partial charge on any atom is -0.507 e. The topological polar surface area (TPSA) is 85.3 Å². The molecule has 1 saturated heterocycles. The molecule has 1 amide bonds. The van der Waals surface area contributed by atoms with Gasteiger partial charge in [0.15, 0.2) is 0 Å². The molecule has 0 spiro atoms. The van der Waals surface area contributed by atoms with E-state index in [1.54, 1.807) is 36.4 Å². The first-order chi connectivity index (χ1) is 16.7. The standard InChI is InChI=1S/C28H35NO6/c1-6-33-22-11-7-20(8-12-22)25-24(27(31)28(32)29(25)15-16-34-19(4)5)26(30)21-9-13-23(14-10-21)35-17-18(2)3/h7-14,18-19,25,30H,6,15-17H2,1-5H3/b26-24-. The number of hydrogen-bond acceptors (Lipinski definition) is 6. The fraction of sp³-hybridized carbons (Fsp3) is 0.429. The van der Waals surface area contributed by atoms with Crippen LogP contribution in [0.1, 0.15) is 51.8 Å². The molecule has 2 aromatic carbocycles. The Bertz CT molecular complexity index is 1040. The van der Waals surface area contributed by atoms with Crippen molar-refractivity contribution >= 4 is 17.4 Å². The predicted octanol–water partition coefficient (Wildman–Crippen LogP) is 4.97. The van der Waals surface area contributed by atoms with Gasteiger partial charge < -0.3 is 24.2 Å². The summed E-state index contributed by atoms with van der Waals surface area (Å²) >= 11 is 0. The van der Waals surface area contributed by atoms with Crippen LogP contribution in [0.4, 0.5) is 0 Å². The first-order valence-electron chi connectivity index (χ1n) is 12.1. The number of nitrogens with zero attached hydrogens (tertiary/aromatic N) is 1. The second-order valence-corrected chi connectivity index (χ2v) is 9.14. The third kappa shape index (κ3) is 6.42. The molecule has 35 heavy (non-hydrogen) atoms. The van der Waals surface area contributed by atoms with Gasteiger partial charge in [0, 0.05) is 12.1 Å². The van der Waals surface area contributed by atoms with Crippen LogP contribution in [0.5, 0.6) is 11.5 Å². The van der Waals surface area contributed by atoms with Crippen molar-refractivity contribution in [1.29, 1.82) is 0 Å². The highest BCUT2D eigenvalue weighted by atomic mass is 16.5. The Labute approximate surface area is 207 Å². The average molecular weight is 482 g/mol. The first-order valence-corrected chi connectivity index (χ1v) is 12.1. The molecule has 0 radical (unpaired) electrons. The lowest BCUT2D eigenvalue weighted by molar-refractivity contribution is -0.140. The van der Waals surface area contributed by atoms with Gasteiger partial charge in [-0.15, -0.1) is 0 Å². The van der Waals surface area contributed by atoms with Crippen molar-refractivity contribution in [3.63, 3.8) is 0 Å². The third-order valence-corrected chi connectivity index (χ3v) is 5.54. The number of ketones is 1. The molecule has 1 aliphatic rings. The lowest BCUT2D eigenvalue weighted by Gasteiger charge is -2.26. The number of rotatable bonds is 11. The molecule has 7 heteroatoms. The van der Waals surface area contributed by atoms with E-state index in [9.17, 15) is 14.7 Å². The van der Waals surface area contributed by atoms with Crippen LogP contribution in [0.3, 0.4) is 0 Å². The van der Waals surface area contributed by atoms with Gasteiger partial charge in [-0.3, -0.25) is 9.59 Å². The van der Waals surface area contributed by atoms with Crippen molar-refractivity contribution < 1.29 is 28.9 Å². The van der Waals surface area contributed by atoms with Crippen molar-refractivity contribution in [2.75, 3.05) is 26.4 Å². The van der Waals surface area contributed by atoms with Crippen LogP contribution in [0.25, 0.3) is 5.76 Å². The SMILES string of the molecule is CCOc1ccc(C2/C(=C(/O)c3ccc(OCC(C)C)cc3)C(=O)C(=O)N2CCOC(C)C)cc1. The monoisotopic (exact) mass is 481 g/mol. The van der Waals surface area contributed by atoms with Crippen molar-refractivity contribution in [3.05, 3.63) is 65.2 Å². The number of likely N-dealkylation sites (tertiary alicyclic amines) is 1. The van der Waals surface area contributed by atoms with Gasteiger partial charge in [0.1, 0.15) is 17.3 Å². The van der Waals surface area contributed by atoms with Crippen molar-refractivity contribution in [2.24, 2.45) is 5.92 Å². The Morgan fingerprint density at radius 3 is 2.11 bits per heavy atom. The van der Waals surface area contributed by atoms with Gasteiger partial charge in [-0.2, -0.15) is 0 Å². The molecule has 1 heterocycles. The van der Waals surface area contributed by atoms with Crippen LogP contribution in [0.15, 0.2) is 54.1 Å². The molecule has 0 saturated carbocycles. The number of hydrogen-bond donors (Lipinski definition) is 1. The summed E-state index contributed by atoms with van der Waals surface area (Å²) in [4.78, 5) is 27.6. The molecule has 1 aliphatic heterocycles. The number of amides is 1. The molecular weight excluding hydrogens is 446 g/mol. The maximum absolute atomic E-state index is 13.1. The quantitative estimate of drug-likeness (QED) is 0.277. The summed E-state index contributed by atoms with van der Waals surface area (Å²) in [6, 6.07) is 13.4. The Morgan fingerprint density at radius 1 is 0.943 bits per heavy atom. The summed E-state index contributed by atoms with van der Waals surface area (Å²) < 4.78 is 16.9. The van der Waals surface area contributed by atoms with Crippen LogP contribution in [-0.2, 0) is 14.3 Å². The van der Waals surface area contributed by atoms with Gasteiger partial charge in [-0.25, -0.2) is 0 Å². The highest BCUT2D eigenvalue weighted by Crippen LogP contribution is 2.39. The summed E-state index contributed by atoms with van der Waals surface area (Å²) in [5.41, 5.74) is 1.20. The number of ether oxygens (including phenoxy) is 3. The van der Waals surface area contributed by atoms with E-state index in [0.29, 0.717) is 41.8 Å². The van der Waals surface area contributed by atoms with E-state index in [4.69, 9.17) is 14.2 Å². The van der Waals surface area contributed by atoms with E-state index in [1.165, 1.54) is 4.90 Å². The Kier molecular flexibility index (Phi) is 8.93. The van der Waals surface area contributed by atoms with Gasteiger partial charge >= 0.3 is 0 Å². The van der Waals surface area contributed by atoms with Gasteiger partial charge in [-0.05, 0) is 68.7 Å². The van der Waals surface area contributed by atoms with Gasteiger partial charge in [0.2, 0.25) is 0 Å². The Hall–Kier alpha value is -3.32. The summed E-state index contributed by atoms with van der Waals surface area (Å²) in [5.74, 6) is 0.149. The molecule has 1 atom stereocenters. The zero-order valence-corrected chi connectivity index (χ0v) is 21.1. The molecule has 0 aromatic heterocycles. The molecule has 7 nitrogen and oxygen atoms in total. The van der Waals surface area contributed by atoms with E-state index in [1.807, 2.05) is 32.9 Å². The van der Waals surface area contributed by atoms with Crippen LogP contribution in [-0.4, -0.2) is 54.2 Å². The van der Waals surface area contributed by atoms with Crippen LogP contribution >= 0.6 is 0 Å². The molecule has 3 rings (SSSR count). The molecule has 0 aliphatic carbocycles. The number of aliphatic hydroxyl groups is 1. The molecule has 0 bridgehead atoms. The van der Waals surface area contributed by atoms with E-state index in [0.717, 1.165) is 0 Å². The largest absolute Gasteiger partial charge is 0.507 e. The van der Waals surface area contributed by atoms with Crippen molar-refractivity contribution in [1.82, 2.24) is 4.90 Å². The lowest BCUT2D eigenvalue weighted by Crippen LogP contribution is -2.33. The fourth-order valence-corrected chi connectivity index (χ4v) is 3.88. The van der Waals surface area contributed by atoms with Gasteiger partial charge in [-0.1, -0.05) is 26.0 Å². The summed E-state index contributed by atoms with van der Waals surface area (Å²) in [5, 5.41) is 11.2. The highest BCUT2D eigenvalue weighted by molar-refractivity contribution is 6.46. The minimum atomic E-state index is -0.738. The van der Waals surface area contributed by atoms with E-state index < -0.39 is 17.7 Å². The lowest BCUT2D eigenvalue weighted by atomic mass is 9.95. The second-order valence-electron chi connectivity index (χ2n) is 9.14. The fourth-order valence-electron chi connectivity index (χ4n) is 3.88. The summed E-state index contributed by atoms with van der Waals surface area (Å²) in [7, 11) is 0. The molecule has 1 N–H and O–H groups in total. The minimum absolute atomic E-state index is 0.00724. The number of aliphatic hydroxyl groups excluding tert-OH is 1. The highest BCUT2D eigenvalue weighted by Gasteiger charge is 2.45. The zero-order valence-electron chi connectivity index (χ0n) is 21.1. The zero-order chi connectivity index (χ0) is 25.5. The van der Waals surface area contributed by atoms with Crippen molar-refractivity contribution in [2.45, 2.75) is 46.8 Å². The van der Waals surface area contributed by atoms with Crippen LogP contribution in [0, 0.1) is 5.92 Å². The Morgan fingerprint density at radius 2 is 1.54 bits per heavy atom. The predicted molar refractivity (Wildman–Crippen MR) is 134 cm³/mol. The van der Waals surface area contributed by atoms with E-state index >= 15 is 0 Å². The number of Topliss-reactive ketones (excluding diaryl/α,β-unsaturated/α-hetero) is 1. The maximum Gasteiger partial charge on any atom is 0.295 e. The summed E-state index contributed by atoms with van der Waals surface area (Å²) in [6.45, 7) is 11.4. The Balaban J connectivity index is 1.99. The molecule has 1 fully saturated rings. The molecule has 2 aromatic rings. The maximum atomic E-state index is 13.1. The molecule has 188 valence electrons. The first kappa shape index (κ1) is 26.3. The van der Waals surface area contributed by atoms with Crippen LogP contribution in [0.2, 0.25) is 0 Å². The van der Waals surface area contributed by atoms with E-state index in [2.05, 4.69) is 13.8 Å². The smallest absolute Gasteiger partial charge is 0.295 e. The summed E-state index contributed by atoms with van der Waals surface area (Å²) in [6.07, 6.45) is -0.00724. The number of benzene rings is 2. The number of carbonyl (C=O) groups is 2. The molecule has 1 unspecified atom stereocenters. The molecular formula is C28H35NO6. The van der Waals surface area contributed by atoms with Crippen LogP contribution < -0.4 is 9.47 Å². The van der Waals surface area contributed by atoms with E-state index in [-0.39, 0.29) is 30.6 Å². The number of carbonyl (C=O) groups excluding carboxylic acids is 2. The van der Waals surface area contributed by atoms with Crippen molar-refractivity contribution in [3.8, 4) is 11.5 Å².